The molecule has 2 N–H and O–H groups in total. The van der Waals surface area contributed by atoms with Crippen molar-refractivity contribution in [2.75, 3.05) is 6.54 Å². The lowest BCUT2D eigenvalue weighted by Gasteiger charge is -2.19. The predicted molar refractivity (Wildman–Crippen MR) is 80.2 cm³/mol. The standard InChI is InChI=1S/C16H22FNO4/c1-16(2,3)9-8-14(19)18-10-13(15(20)21)22-12-6-4-11(17)5-7-12/h4-7,13H,8-10H2,1-3H3,(H,18,19)(H,20,21). The van der Waals surface area contributed by atoms with E-state index in [1.54, 1.807) is 0 Å². The van der Waals surface area contributed by atoms with Gasteiger partial charge >= 0.3 is 5.97 Å². The maximum atomic E-state index is 12.8. The monoisotopic (exact) mass is 311 g/mol. The average molecular weight is 311 g/mol. The molecule has 122 valence electrons. The number of nitrogens with one attached hydrogen (secondary N) is 1. The minimum atomic E-state index is -1.22. The lowest BCUT2D eigenvalue weighted by Crippen LogP contribution is -2.40. The molecular formula is C16H22FNO4. The minimum absolute atomic E-state index is 0.0359. The number of hydrogen-bond acceptors (Lipinski definition) is 3. The van der Waals surface area contributed by atoms with Gasteiger partial charge in [0, 0.05) is 6.42 Å². The molecule has 0 aromatic heterocycles. The first-order valence-corrected chi connectivity index (χ1v) is 7.09. The lowest BCUT2D eigenvalue weighted by molar-refractivity contribution is -0.145. The number of carbonyl (C=O) groups excluding carboxylic acids is 1. The van der Waals surface area contributed by atoms with E-state index < -0.39 is 17.9 Å². The molecule has 1 aromatic rings. The van der Waals surface area contributed by atoms with E-state index in [0.717, 1.165) is 0 Å². The number of hydrogen-bond donors (Lipinski definition) is 2. The maximum Gasteiger partial charge on any atom is 0.346 e. The number of carbonyl (C=O) groups is 2. The summed E-state index contributed by atoms with van der Waals surface area (Å²) in [7, 11) is 0. The van der Waals surface area contributed by atoms with Crippen LogP contribution in [0.1, 0.15) is 33.6 Å². The van der Waals surface area contributed by atoms with Crippen LogP contribution < -0.4 is 10.1 Å². The molecule has 0 heterocycles. The van der Waals surface area contributed by atoms with Crippen LogP contribution >= 0.6 is 0 Å². The zero-order valence-electron chi connectivity index (χ0n) is 13.1. The third-order valence-corrected chi connectivity index (χ3v) is 2.95. The summed E-state index contributed by atoms with van der Waals surface area (Å²) in [4.78, 5) is 22.9. The SMILES string of the molecule is CC(C)(C)CCC(=O)NCC(Oc1ccc(F)cc1)C(=O)O. The van der Waals surface area contributed by atoms with Crippen LogP contribution in [0.2, 0.25) is 0 Å². The van der Waals surface area contributed by atoms with Crippen LogP contribution in [0.3, 0.4) is 0 Å². The van der Waals surface area contributed by atoms with Crippen molar-refractivity contribution in [2.24, 2.45) is 5.41 Å². The van der Waals surface area contributed by atoms with E-state index in [0.29, 0.717) is 12.8 Å². The molecule has 1 rings (SSSR count). The molecule has 0 saturated heterocycles. The Morgan fingerprint density at radius 1 is 1.27 bits per heavy atom. The Hall–Kier alpha value is -2.11. The van der Waals surface area contributed by atoms with E-state index in [2.05, 4.69) is 5.32 Å². The molecule has 6 heteroatoms. The molecule has 5 nitrogen and oxygen atoms in total. The van der Waals surface area contributed by atoms with Crippen molar-refractivity contribution in [3.05, 3.63) is 30.1 Å². The highest BCUT2D eigenvalue weighted by molar-refractivity contribution is 5.78. The number of benzene rings is 1. The molecule has 0 fully saturated rings. The van der Waals surface area contributed by atoms with E-state index in [4.69, 9.17) is 9.84 Å². The van der Waals surface area contributed by atoms with Crippen LogP contribution in [-0.4, -0.2) is 29.6 Å². The summed E-state index contributed by atoms with van der Waals surface area (Å²) in [5, 5.41) is 11.7. The van der Waals surface area contributed by atoms with Crippen LogP contribution in [0.5, 0.6) is 5.75 Å². The molecule has 0 aliphatic rings. The van der Waals surface area contributed by atoms with Gasteiger partial charge in [-0.25, -0.2) is 9.18 Å². The van der Waals surface area contributed by atoms with Crippen LogP contribution in [-0.2, 0) is 9.59 Å². The summed E-state index contributed by atoms with van der Waals surface area (Å²) in [5.74, 6) is -1.61. The zero-order chi connectivity index (χ0) is 16.8. The van der Waals surface area contributed by atoms with Gasteiger partial charge in [-0.15, -0.1) is 0 Å². The van der Waals surface area contributed by atoms with E-state index >= 15 is 0 Å². The number of amides is 1. The van der Waals surface area contributed by atoms with E-state index in [1.807, 2.05) is 20.8 Å². The minimum Gasteiger partial charge on any atom is -0.478 e. The van der Waals surface area contributed by atoms with Gasteiger partial charge in [-0.1, -0.05) is 20.8 Å². The Labute approximate surface area is 129 Å². The average Bonchev–Trinajstić information content (AvgIpc) is 2.42. The molecule has 0 saturated carbocycles. The Balaban J connectivity index is 2.49. The van der Waals surface area contributed by atoms with E-state index in [1.165, 1.54) is 24.3 Å². The van der Waals surface area contributed by atoms with Crippen LogP contribution in [0.25, 0.3) is 0 Å². The molecule has 1 atom stereocenters. The van der Waals surface area contributed by atoms with Crippen molar-refractivity contribution in [2.45, 2.75) is 39.7 Å². The van der Waals surface area contributed by atoms with Gasteiger partial charge < -0.3 is 15.2 Å². The first-order chi connectivity index (χ1) is 10.2. The summed E-state index contributed by atoms with van der Waals surface area (Å²) >= 11 is 0. The second-order valence-corrected chi connectivity index (χ2v) is 6.26. The van der Waals surface area contributed by atoms with Gasteiger partial charge in [0.2, 0.25) is 12.0 Å². The molecule has 0 radical (unpaired) electrons. The Kier molecular flexibility index (Phi) is 6.34. The van der Waals surface area contributed by atoms with Gasteiger partial charge in [0.1, 0.15) is 11.6 Å². The highest BCUT2D eigenvalue weighted by atomic mass is 19.1. The van der Waals surface area contributed by atoms with Gasteiger partial charge in [0.15, 0.2) is 0 Å². The van der Waals surface area contributed by atoms with Crippen molar-refractivity contribution in [3.8, 4) is 5.75 Å². The third-order valence-electron chi connectivity index (χ3n) is 2.95. The van der Waals surface area contributed by atoms with Crippen LogP contribution in [0, 0.1) is 11.2 Å². The first-order valence-electron chi connectivity index (χ1n) is 7.09. The first kappa shape index (κ1) is 17.9. The molecule has 1 amide bonds. The number of carboxylic acid groups (broad SMARTS) is 1. The smallest absolute Gasteiger partial charge is 0.346 e. The van der Waals surface area contributed by atoms with Gasteiger partial charge in [0.05, 0.1) is 6.54 Å². The van der Waals surface area contributed by atoms with Gasteiger partial charge in [-0.2, -0.15) is 0 Å². The molecular weight excluding hydrogens is 289 g/mol. The molecule has 1 unspecified atom stereocenters. The number of rotatable bonds is 7. The van der Waals surface area contributed by atoms with Crippen LogP contribution in [0.4, 0.5) is 4.39 Å². The fourth-order valence-corrected chi connectivity index (χ4v) is 1.64. The molecule has 0 aliphatic heterocycles. The Bertz CT molecular complexity index is 508. The van der Waals surface area contributed by atoms with Crippen molar-refractivity contribution in [1.82, 2.24) is 5.32 Å². The van der Waals surface area contributed by atoms with Crippen molar-refractivity contribution in [3.63, 3.8) is 0 Å². The molecule has 22 heavy (non-hydrogen) atoms. The second kappa shape index (κ2) is 7.77. The third kappa shape index (κ3) is 7.06. The van der Waals surface area contributed by atoms with Gasteiger partial charge in [0.25, 0.3) is 0 Å². The molecule has 0 aliphatic carbocycles. The van der Waals surface area contributed by atoms with E-state index in [-0.39, 0.29) is 23.6 Å². The highest BCUT2D eigenvalue weighted by Gasteiger charge is 2.21. The maximum absolute atomic E-state index is 12.8. The van der Waals surface area contributed by atoms with Gasteiger partial charge in [-0.05, 0) is 36.1 Å². The molecule has 0 spiro atoms. The molecule has 0 bridgehead atoms. The number of carboxylic acids is 1. The Morgan fingerprint density at radius 2 is 1.86 bits per heavy atom. The zero-order valence-corrected chi connectivity index (χ0v) is 13.1. The summed E-state index contributed by atoms with van der Waals surface area (Å²) in [5.41, 5.74) is 0.0359. The van der Waals surface area contributed by atoms with Crippen molar-refractivity contribution in [1.29, 1.82) is 0 Å². The van der Waals surface area contributed by atoms with Gasteiger partial charge in [-0.3, -0.25) is 4.79 Å². The summed E-state index contributed by atoms with van der Waals surface area (Å²) in [6.45, 7) is 5.93. The fourth-order valence-electron chi connectivity index (χ4n) is 1.64. The largest absolute Gasteiger partial charge is 0.478 e. The normalized spacial score (nSPS) is 12.5. The summed E-state index contributed by atoms with van der Waals surface area (Å²) in [6.07, 6.45) is -0.189. The molecule has 1 aromatic carbocycles. The fraction of sp³-hybridized carbons (Fsp3) is 0.500. The lowest BCUT2D eigenvalue weighted by atomic mass is 9.90. The highest BCUT2D eigenvalue weighted by Crippen LogP contribution is 2.20. The van der Waals surface area contributed by atoms with Crippen molar-refractivity contribution < 1.29 is 23.8 Å². The number of aliphatic carboxylic acids is 1. The Morgan fingerprint density at radius 3 is 2.36 bits per heavy atom. The van der Waals surface area contributed by atoms with Crippen LogP contribution in [0.15, 0.2) is 24.3 Å². The van der Waals surface area contributed by atoms with E-state index in [9.17, 15) is 14.0 Å². The topological polar surface area (TPSA) is 75.6 Å². The predicted octanol–water partition coefficient (Wildman–Crippen LogP) is 2.60. The summed E-state index contributed by atoms with van der Waals surface area (Å²) < 4.78 is 18.0. The second-order valence-electron chi connectivity index (χ2n) is 6.26. The number of ether oxygens (including phenoxy) is 1. The quantitative estimate of drug-likeness (QED) is 0.811. The summed E-state index contributed by atoms with van der Waals surface area (Å²) in [6, 6.07) is 5.03. The number of halogens is 1. The van der Waals surface area contributed by atoms with Crippen molar-refractivity contribution >= 4 is 11.9 Å².